The molecule has 1 aliphatic carbocycles. The topological polar surface area (TPSA) is 104 Å². The van der Waals surface area contributed by atoms with Crippen molar-refractivity contribution >= 4 is 17.8 Å². The summed E-state index contributed by atoms with van der Waals surface area (Å²) in [5, 5.41) is 20.1. The van der Waals surface area contributed by atoms with Gasteiger partial charge >= 0.3 is 11.9 Å². The number of amides is 1. The van der Waals surface area contributed by atoms with E-state index in [1.54, 1.807) is 0 Å². The number of nitrogens with one attached hydrogen (secondary N) is 1. The lowest BCUT2D eigenvalue weighted by Crippen LogP contribution is -2.44. The van der Waals surface area contributed by atoms with Gasteiger partial charge in [0.2, 0.25) is 5.91 Å². The van der Waals surface area contributed by atoms with Gasteiger partial charge in [-0.25, -0.2) is 4.79 Å². The SMILES string of the molecule is O=C(O)/C=C\C(=O)NCC1(C(=O)O)CCCCC1. The van der Waals surface area contributed by atoms with Gasteiger partial charge in [-0.2, -0.15) is 0 Å². The molecule has 0 aromatic carbocycles. The lowest BCUT2D eigenvalue weighted by Gasteiger charge is -2.33. The number of hydrogen-bond acceptors (Lipinski definition) is 3. The van der Waals surface area contributed by atoms with Crippen LogP contribution in [0, 0.1) is 5.41 Å². The Kier molecular flexibility index (Phi) is 4.88. The van der Waals surface area contributed by atoms with Crippen LogP contribution < -0.4 is 5.32 Å². The molecule has 18 heavy (non-hydrogen) atoms. The van der Waals surface area contributed by atoms with Crippen molar-refractivity contribution in [1.82, 2.24) is 5.32 Å². The number of carbonyl (C=O) groups is 3. The highest BCUT2D eigenvalue weighted by atomic mass is 16.4. The van der Waals surface area contributed by atoms with Gasteiger partial charge in [-0.1, -0.05) is 19.3 Å². The highest BCUT2D eigenvalue weighted by Gasteiger charge is 2.39. The van der Waals surface area contributed by atoms with Crippen LogP contribution >= 0.6 is 0 Å². The Morgan fingerprint density at radius 3 is 2.17 bits per heavy atom. The van der Waals surface area contributed by atoms with E-state index in [1.165, 1.54) is 0 Å². The van der Waals surface area contributed by atoms with Gasteiger partial charge in [0.15, 0.2) is 0 Å². The summed E-state index contributed by atoms with van der Waals surface area (Å²) in [6.07, 6.45) is 5.41. The zero-order valence-corrected chi connectivity index (χ0v) is 10.0. The first-order chi connectivity index (χ1) is 8.46. The minimum absolute atomic E-state index is 0.0468. The third-order valence-electron chi connectivity index (χ3n) is 3.24. The van der Waals surface area contributed by atoms with Crippen molar-refractivity contribution in [3.63, 3.8) is 0 Å². The van der Waals surface area contributed by atoms with E-state index in [-0.39, 0.29) is 6.54 Å². The van der Waals surface area contributed by atoms with Gasteiger partial charge < -0.3 is 15.5 Å². The molecule has 0 aromatic rings. The van der Waals surface area contributed by atoms with Crippen molar-refractivity contribution in [3.05, 3.63) is 12.2 Å². The van der Waals surface area contributed by atoms with Crippen molar-refractivity contribution in [2.45, 2.75) is 32.1 Å². The van der Waals surface area contributed by atoms with E-state index in [2.05, 4.69) is 5.32 Å². The molecule has 1 aliphatic rings. The fraction of sp³-hybridized carbons (Fsp3) is 0.583. The van der Waals surface area contributed by atoms with Crippen LogP contribution in [0.25, 0.3) is 0 Å². The number of aliphatic carboxylic acids is 2. The molecule has 0 unspecified atom stereocenters. The van der Waals surface area contributed by atoms with Crippen LogP contribution in [0.3, 0.4) is 0 Å². The van der Waals surface area contributed by atoms with Crippen molar-refractivity contribution in [2.24, 2.45) is 5.41 Å². The van der Waals surface area contributed by atoms with E-state index in [9.17, 15) is 19.5 Å². The Labute approximate surface area is 105 Å². The summed E-state index contributed by atoms with van der Waals surface area (Å²) in [6, 6.07) is 0. The molecule has 1 saturated carbocycles. The van der Waals surface area contributed by atoms with E-state index in [1.807, 2.05) is 0 Å². The maximum Gasteiger partial charge on any atom is 0.328 e. The summed E-state index contributed by atoms with van der Waals surface area (Å²) in [7, 11) is 0. The van der Waals surface area contributed by atoms with E-state index in [0.717, 1.165) is 31.4 Å². The van der Waals surface area contributed by atoms with Crippen LogP contribution in [0.15, 0.2) is 12.2 Å². The highest BCUT2D eigenvalue weighted by molar-refractivity contribution is 5.94. The minimum Gasteiger partial charge on any atom is -0.481 e. The Balaban J connectivity index is 2.55. The van der Waals surface area contributed by atoms with E-state index in [0.29, 0.717) is 12.8 Å². The monoisotopic (exact) mass is 255 g/mol. The van der Waals surface area contributed by atoms with Crippen molar-refractivity contribution in [1.29, 1.82) is 0 Å². The van der Waals surface area contributed by atoms with Crippen LogP contribution in [0.1, 0.15) is 32.1 Å². The zero-order chi connectivity index (χ0) is 13.6. The largest absolute Gasteiger partial charge is 0.481 e. The lowest BCUT2D eigenvalue weighted by atomic mass is 9.74. The normalized spacial score (nSPS) is 18.4. The lowest BCUT2D eigenvalue weighted by molar-refractivity contribution is -0.151. The summed E-state index contributed by atoms with van der Waals surface area (Å²) in [6.45, 7) is 0.0468. The summed E-state index contributed by atoms with van der Waals surface area (Å²) in [5.74, 6) is -2.69. The predicted molar refractivity (Wildman–Crippen MR) is 62.9 cm³/mol. The third-order valence-corrected chi connectivity index (χ3v) is 3.24. The quantitative estimate of drug-likeness (QED) is 0.630. The molecule has 0 bridgehead atoms. The van der Waals surface area contributed by atoms with Crippen molar-refractivity contribution < 1.29 is 24.6 Å². The Morgan fingerprint density at radius 2 is 1.67 bits per heavy atom. The maximum atomic E-state index is 11.3. The first-order valence-electron chi connectivity index (χ1n) is 5.88. The second-order valence-electron chi connectivity index (χ2n) is 4.54. The summed E-state index contributed by atoms with van der Waals surface area (Å²) >= 11 is 0. The summed E-state index contributed by atoms with van der Waals surface area (Å²) < 4.78 is 0. The molecule has 0 atom stereocenters. The summed E-state index contributed by atoms with van der Waals surface area (Å²) in [4.78, 5) is 32.8. The Hall–Kier alpha value is -1.85. The van der Waals surface area contributed by atoms with E-state index >= 15 is 0 Å². The highest BCUT2D eigenvalue weighted by Crippen LogP contribution is 2.35. The molecule has 0 heterocycles. The number of carbonyl (C=O) groups excluding carboxylic acids is 1. The molecular weight excluding hydrogens is 238 g/mol. The van der Waals surface area contributed by atoms with Gasteiger partial charge in [-0.05, 0) is 12.8 Å². The maximum absolute atomic E-state index is 11.3. The van der Waals surface area contributed by atoms with Crippen LogP contribution in [0.5, 0.6) is 0 Å². The van der Waals surface area contributed by atoms with Gasteiger partial charge in [-0.15, -0.1) is 0 Å². The molecule has 1 rings (SSSR count). The fourth-order valence-corrected chi connectivity index (χ4v) is 2.16. The number of carboxylic acids is 2. The molecule has 0 aliphatic heterocycles. The molecule has 0 spiro atoms. The molecule has 0 radical (unpaired) electrons. The second-order valence-corrected chi connectivity index (χ2v) is 4.54. The standard InChI is InChI=1S/C12H17NO5/c14-9(4-5-10(15)16)13-8-12(11(17)18)6-2-1-3-7-12/h4-5H,1-3,6-8H2,(H,13,14)(H,15,16)(H,17,18)/b5-4-. The zero-order valence-electron chi connectivity index (χ0n) is 10.0. The first kappa shape index (κ1) is 14.2. The Bertz CT molecular complexity index is 369. The number of hydrogen-bond donors (Lipinski definition) is 3. The second kappa shape index (κ2) is 6.18. The smallest absolute Gasteiger partial charge is 0.328 e. The van der Waals surface area contributed by atoms with Gasteiger partial charge in [0, 0.05) is 18.7 Å². The van der Waals surface area contributed by atoms with Crippen LogP contribution in [0.4, 0.5) is 0 Å². The average Bonchev–Trinajstić information content (AvgIpc) is 2.34. The van der Waals surface area contributed by atoms with Crippen LogP contribution in [-0.2, 0) is 14.4 Å². The van der Waals surface area contributed by atoms with E-state index < -0.39 is 23.3 Å². The molecule has 0 aromatic heterocycles. The number of carboxylic acid groups (broad SMARTS) is 2. The number of rotatable bonds is 5. The van der Waals surface area contributed by atoms with E-state index in [4.69, 9.17) is 5.11 Å². The fourth-order valence-electron chi connectivity index (χ4n) is 2.16. The first-order valence-corrected chi connectivity index (χ1v) is 5.88. The molecule has 1 amide bonds. The molecule has 6 heteroatoms. The summed E-state index contributed by atoms with van der Waals surface area (Å²) in [5.41, 5.74) is -0.898. The van der Waals surface area contributed by atoms with Crippen molar-refractivity contribution in [3.8, 4) is 0 Å². The van der Waals surface area contributed by atoms with Crippen molar-refractivity contribution in [2.75, 3.05) is 6.54 Å². The molecule has 100 valence electrons. The Morgan fingerprint density at radius 1 is 1.06 bits per heavy atom. The third kappa shape index (κ3) is 3.87. The van der Waals surface area contributed by atoms with Crippen LogP contribution in [-0.4, -0.2) is 34.6 Å². The average molecular weight is 255 g/mol. The molecule has 1 fully saturated rings. The predicted octanol–water partition coefficient (Wildman–Crippen LogP) is 0.778. The van der Waals surface area contributed by atoms with Crippen LogP contribution in [0.2, 0.25) is 0 Å². The molecule has 0 saturated heterocycles. The minimum atomic E-state index is -1.21. The van der Waals surface area contributed by atoms with Gasteiger partial charge in [0.05, 0.1) is 5.41 Å². The molecule has 3 N–H and O–H groups in total. The molecular formula is C12H17NO5. The van der Waals surface area contributed by atoms with Gasteiger partial charge in [-0.3, -0.25) is 9.59 Å². The van der Waals surface area contributed by atoms with Gasteiger partial charge in [0.1, 0.15) is 0 Å². The van der Waals surface area contributed by atoms with Gasteiger partial charge in [0.25, 0.3) is 0 Å². The molecule has 6 nitrogen and oxygen atoms in total.